The van der Waals surface area contributed by atoms with Crippen molar-refractivity contribution >= 4 is 35.0 Å². The average Bonchev–Trinajstić information content (AvgIpc) is 2.27. The first-order valence-corrected chi connectivity index (χ1v) is 6.13. The first-order valence-electron chi connectivity index (χ1n) is 5.37. The van der Waals surface area contributed by atoms with Crippen molar-refractivity contribution in [3.63, 3.8) is 0 Å². The highest BCUT2D eigenvalue weighted by molar-refractivity contribution is 6.31. The van der Waals surface area contributed by atoms with E-state index < -0.39 is 0 Å². The van der Waals surface area contributed by atoms with E-state index in [2.05, 4.69) is 15.3 Å². The molecule has 0 saturated carbocycles. The number of anilines is 2. The molecule has 1 atom stereocenters. The Morgan fingerprint density at radius 1 is 1.22 bits per heavy atom. The van der Waals surface area contributed by atoms with Gasteiger partial charge in [-0.3, -0.25) is 0 Å². The first kappa shape index (κ1) is 12.9. The number of nitrogens with one attached hydrogen (secondary N) is 1. The minimum absolute atomic E-state index is 0.0101. The highest BCUT2D eigenvalue weighted by Crippen LogP contribution is 2.25. The van der Waals surface area contributed by atoms with E-state index >= 15 is 0 Å². The van der Waals surface area contributed by atoms with Crippen LogP contribution < -0.4 is 11.1 Å². The molecule has 0 radical (unpaired) electrons. The lowest BCUT2D eigenvalue weighted by atomic mass is 10.1. The Bertz CT molecular complexity index is 539. The summed E-state index contributed by atoms with van der Waals surface area (Å²) in [6.45, 7) is 1.98. The van der Waals surface area contributed by atoms with E-state index in [0.717, 1.165) is 5.56 Å². The van der Waals surface area contributed by atoms with Gasteiger partial charge < -0.3 is 11.1 Å². The highest BCUT2D eigenvalue weighted by atomic mass is 35.5. The molecule has 0 unspecified atom stereocenters. The lowest BCUT2D eigenvalue weighted by molar-refractivity contribution is 0.873. The van der Waals surface area contributed by atoms with Crippen LogP contribution in [0.3, 0.4) is 0 Å². The topological polar surface area (TPSA) is 63.8 Å². The lowest BCUT2D eigenvalue weighted by Gasteiger charge is -2.16. The molecule has 0 fully saturated rings. The average molecular weight is 283 g/mol. The number of hydrogen-bond donors (Lipinski definition) is 2. The highest BCUT2D eigenvalue weighted by Gasteiger charge is 2.10. The Labute approximate surface area is 115 Å². The molecule has 0 saturated heterocycles. The molecule has 0 aliphatic heterocycles. The standard InChI is InChI=1S/C12H12Cl2N4/c1-7(8-4-2-3-5-9(8)13)16-11-6-10(14)17-12(15)18-11/h2-7H,1H3,(H3,15,16,17,18)/t7-/m0/s1. The van der Waals surface area contributed by atoms with Crippen LogP contribution >= 0.6 is 23.2 Å². The molecule has 4 nitrogen and oxygen atoms in total. The molecule has 94 valence electrons. The minimum atomic E-state index is -0.0101. The van der Waals surface area contributed by atoms with Crippen molar-refractivity contribution in [3.8, 4) is 0 Å². The van der Waals surface area contributed by atoms with E-state index in [1.54, 1.807) is 6.07 Å². The number of halogens is 2. The van der Waals surface area contributed by atoms with Gasteiger partial charge in [0, 0.05) is 11.1 Å². The zero-order chi connectivity index (χ0) is 13.1. The van der Waals surface area contributed by atoms with Crippen molar-refractivity contribution in [3.05, 3.63) is 46.1 Å². The van der Waals surface area contributed by atoms with Crippen molar-refractivity contribution in [2.75, 3.05) is 11.1 Å². The molecule has 0 amide bonds. The van der Waals surface area contributed by atoms with Crippen molar-refractivity contribution in [1.29, 1.82) is 0 Å². The normalized spacial score (nSPS) is 12.2. The zero-order valence-electron chi connectivity index (χ0n) is 9.69. The van der Waals surface area contributed by atoms with Crippen LogP contribution in [-0.2, 0) is 0 Å². The molecule has 18 heavy (non-hydrogen) atoms. The molecule has 6 heteroatoms. The Kier molecular flexibility index (Phi) is 3.89. The van der Waals surface area contributed by atoms with Gasteiger partial charge in [0.1, 0.15) is 11.0 Å². The van der Waals surface area contributed by atoms with E-state index in [9.17, 15) is 0 Å². The Hall–Kier alpha value is -1.52. The van der Waals surface area contributed by atoms with Gasteiger partial charge in [0.15, 0.2) is 0 Å². The van der Waals surface area contributed by atoms with E-state index in [0.29, 0.717) is 16.0 Å². The largest absolute Gasteiger partial charge is 0.368 e. The number of benzene rings is 1. The van der Waals surface area contributed by atoms with E-state index in [4.69, 9.17) is 28.9 Å². The number of rotatable bonds is 3. The smallest absolute Gasteiger partial charge is 0.223 e. The summed E-state index contributed by atoms with van der Waals surface area (Å²) in [5.74, 6) is 0.705. The van der Waals surface area contributed by atoms with Crippen molar-refractivity contribution < 1.29 is 0 Å². The van der Waals surface area contributed by atoms with Crippen LogP contribution in [0.4, 0.5) is 11.8 Å². The first-order chi connectivity index (χ1) is 8.56. The van der Waals surface area contributed by atoms with Crippen LogP contribution in [0.5, 0.6) is 0 Å². The summed E-state index contributed by atoms with van der Waals surface area (Å²) in [5.41, 5.74) is 6.51. The summed E-state index contributed by atoms with van der Waals surface area (Å²) < 4.78 is 0. The van der Waals surface area contributed by atoms with Gasteiger partial charge in [-0.1, -0.05) is 41.4 Å². The van der Waals surface area contributed by atoms with Gasteiger partial charge in [-0.05, 0) is 18.6 Å². The lowest BCUT2D eigenvalue weighted by Crippen LogP contribution is -2.09. The number of aromatic nitrogens is 2. The quantitative estimate of drug-likeness (QED) is 0.846. The van der Waals surface area contributed by atoms with Crippen molar-refractivity contribution in [2.45, 2.75) is 13.0 Å². The summed E-state index contributed by atoms with van der Waals surface area (Å²) in [7, 11) is 0. The van der Waals surface area contributed by atoms with Gasteiger partial charge in [0.05, 0.1) is 6.04 Å². The third kappa shape index (κ3) is 3.03. The van der Waals surface area contributed by atoms with Gasteiger partial charge in [-0.25, -0.2) is 4.98 Å². The molecule has 1 aromatic heterocycles. The number of nitrogens with two attached hydrogens (primary N) is 1. The predicted octanol–water partition coefficient (Wildman–Crippen LogP) is 3.54. The molecular weight excluding hydrogens is 271 g/mol. The fourth-order valence-electron chi connectivity index (χ4n) is 1.63. The van der Waals surface area contributed by atoms with Gasteiger partial charge >= 0.3 is 0 Å². The molecule has 2 aromatic rings. The number of nitrogen functional groups attached to an aromatic ring is 1. The van der Waals surface area contributed by atoms with Crippen LogP contribution in [0.15, 0.2) is 30.3 Å². The van der Waals surface area contributed by atoms with Crippen LogP contribution in [-0.4, -0.2) is 9.97 Å². The summed E-state index contributed by atoms with van der Waals surface area (Å²) in [6, 6.07) is 9.22. The Morgan fingerprint density at radius 3 is 2.61 bits per heavy atom. The second kappa shape index (κ2) is 5.42. The fourth-order valence-corrected chi connectivity index (χ4v) is 2.12. The van der Waals surface area contributed by atoms with Crippen molar-refractivity contribution in [1.82, 2.24) is 9.97 Å². The van der Waals surface area contributed by atoms with Crippen LogP contribution in [0.1, 0.15) is 18.5 Å². The number of nitrogens with zero attached hydrogens (tertiary/aromatic N) is 2. The molecule has 1 heterocycles. The monoisotopic (exact) mass is 282 g/mol. The molecule has 0 bridgehead atoms. The fraction of sp³-hybridized carbons (Fsp3) is 0.167. The Balaban J connectivity index is 2.21. The molecule has 2 rings (SSSR count). The van der Waals surface area contributed by atoms with Gasteiger partial charge in [0.25, 0.3) is 0 Å². The maximum Gasteiger partial charge on any atom is 0.223 e. The summed E-state index contributed by atoms with van der Waals surface area (Å²) >= 11 is 11.9. The van der Waals surface area contributed by atoms with Crippen LogP contribution in [0.2, 0.25) is 10.2 Å². The second-order valence-electron chi connectivity index (χ2n) is 3.82. The van der Waals surface area contributed by atoms with E-state index in [-0.39, 0.29) is 12.0 Å². The third-order valence-corrected chi connectivity index (χ3v) is 2.99. The minimum Gasteiger partial charge on any atom is -0.368 e. The molecule has 1 aromatic carbocycles. The predicted molar refractivity (Wildman–Crippen MR) is 74.9 cm³/mol. The molecular formula is C12H12Cl2N4. The van der Waals surface area contributed by atoms with Gasteiger partial charge in [-0.15, -0.1) is 0 Å². The summed E-state index contributed by atoms with van der Waals surface area (Å²) in [4.78, 5) is 7.86. The molecule has 3 N–H and O–H groups in total. The SMILES string of the molecule is C[C@H](Nc1cc(Cl)nc(N)n1)c1ccccc1Cl. The maximum absolute atomic E-state index is 6.12. The second-order valence-corrected chi connectivity index (χ2v) is 4.62. The molecule has 0 spiro atoms. The van der Waals surface area contributed by atoms with Crippen LogP contribution in [0.25, 0.3) is 0 Å². The van der Waals surface area contributed by atoms with E-state index in [1.807, 2.05) is 31.2 Å². The summed E-state index contributed by atoms with van der Waals surface area (Å²) in [5, 5.41) is 4.18. The van der Waals surface area contributed by atoms with Crippen molar-refractivity contribution in [2.24, 2.45) is 0 Å². The molecule has 0 aliphatic carbocycles. The summed E-state index contributed by atoms with van der Waals surface area (Å²) in [6.07, 6.45) is 0. The Morgan fingerprint density at radius 2 is 1.94 bits per heavy atom. The third-order valence-electron chi connectivity index (χ3n) is 2.45. The zero-order valence-corrected chi connectivity index (χ0v) is 11.2. The molecule has 0 aliphatic rings. The van der Waals surface area contributed by atoms with E-state index in [1.165, 1.54) is 0 Å². The van der Waals surface area contributed by atoms with Crippen LogP contribution in [0, 0.1) is 0 Å². The van der Waals surface area contributed by atoms with Gasteiger partial charge in [-0.2, -0.15) is 4.98 Å². The van der Waals surface area contributed by atoms with Gasteiger partial charge in [0.2, 0.25) is 5.95 Å². The maximum atomic E-state index is 6.12. The number of hydrogen-bond acceptors (Lipinski definition) is 4.